The number of aromatic nitrogens is 8. The van der Waals surface area contributed by atoms with Gasteiger partial charge in [-0.25, -0.2) is 19.1 Å². The lowest BCUT2D eigenvalue weighted by atomic mass is 10.1. The Hall–Kier alpha value is -5.38. The molecule has 8 rings (SSSR count). The van der Waals surface area contributed by atoms with Crippen LogP contribution in [-0.4, -0.2) is 89.5 Å². The molecule has 2 aliphatic rings. The van der Waals surface area contributed by atoms with E-state index in [4.69, 9.17) is 85.4 Å². The standard InChI is InChI=1S/C23H27Cl2N6O5P.C21H23Cl2N6O5P/c1-13(2)35-22(32)14(3)30-37(33,36-18-8-5-16(24)6-9-18)34-11-15-4-7-17(10-15)31-12-27-19-20(25)28-23(26)29-21(19)31;1-12(20(30)32-2)28-35(31,34-16-7-4-14(22)5-8-16)33-10-13-3-6-15(9-13)29-11-25-17-18(23)26-21(24)27-19(17)29/h4-9,12-15,17H,10-11H2,1-3H3,(H,30,33)(H2,26,28,29);3-8,11-13,15H,9-10H2,1-2H3,(H,28,31)(H2,24,26,27)/t14-,15+,17-,37?;12-,13+,15-,35?/m00/s1. The topological polar surface area (TPSA) is 287 Å². The van der Waals surface area contributed by atoms with Gasteiger partial charge < -0.3 is 39.1 Å². The zero-order chi connectivity index (χ0) is 51.9. The largest absolute Gasteiger partial charge is 0.468 e. The average molecular weight is 1110 g/mol. The molecule has 22 nitrogen and oxygen atoms in total. The first kappa shape index (κ1) is 54.4. The third-order valence-electron chi connectivity index (χ3n) is 10.8. The number of nitrogen functional groups attached to an aromatic ring is 2. The summed E-state index contributed by atoms with van der Waals surface area (Å²) in [6, 6.07) is 10.5. The molecule has 2 aromatic carbocycles. The predicted octanol–water partition coefficient (Wildman–Crippen LogP) is 9.15. The van der Waals surface area contributed by atoms with Crippen LogP contribution in [0, 0.1) is 11.8 Å². The quantitative estimate of drug-likeness (QED) is 0.0254. The summed E-state index contributed by atoms with van der Waals surface area (Å²) >= 11 is 24.1. The zero-order valence-electron chi connectivity index (χ0n) is 39.2. The zero-order valence-corrected chi connectivity index (χ0v) is 44.0. The Morgan fingerprint density at radius 1 is 0.653 bits per heavy atom. The number of halogens is 4. The van der Waals surface area contributed by atoms with Crippen LogP contribution in [-0.2, 0) is 37.2 Å². The van der Waals surface area contributed by atoms with Crippen LogP contribution in [0.4, 0.5) is 11.9 Å². The number of esters is 2. The summed E-state index contributed by atoms with van der Waals surface area (Å²) < 4.78 is 63.7. The summed E-state index contributed by atoms with van der Waals surface area (Å²) in [6.07, 6.45) is 12.0. The Morgan fingerprint density at radius 2 is 1.06 bits per heavy atom. The summed E-state index contributed by atoms with van der Waals surface area (Å²) in [7, 11) is -6.72. The Balaban J connectivity index is 0.000000212. The molecule has 0 fully saturated rings. The molecule has 28 heteroatoms. The molecule has 0 spiro atoms. The third-order valence-corrected chi connectivity index (χ3v) is 15.1. The Bertz CT molecular complexity index is 3060. The molecule has 0 saturated carbocycles. The van der Waals surface area contributed by atoms with Crippen LogP contribution in [0.15, 0.2) is 85.5 Å². The molecule has 72 heavy (non-hydrogen) atoms. The smallest absolute Gasteiger partial charge is 0.459 e. The van der Waals surface area contributed by atoms with Crippen molar-refractivity contribution in [3.63, 3.8) is 0 Å². The number of nitrogens with two attached hydrogens (primary N) is 2. The highest BCUT2D eigenvalue weighted by Gasteiger charge is 2.36. The molecule has 2 aliphatic carbocycles. The second kappa shape index (κ2) is 23.7. The van der Waals surface area contributed by atoms with Crippen molar-refractivity contribution in [3.8, 4) is 11.5 Å². The van der Waals surface area contributed by atoms with Gasteiger partial charge in [0.05, 0.1) is 51.2 Å². The van der Waals surface area contributed by atoms with Crippen molar-refractivity contribution >= 4 is 108 Å². The maximum absolute atomic E-state index is 13.7. The van der Waals surface area contributed by atoms with E-state index >= 15 is 0 Å². The van der Waals surface area contributed by atoms with E-state index < -0.39 is 39.5 Å². The van der Waals surface area contributed by atoms with Crippen LogP contribution in [0.2, 0.25) is 20.4 Å². The first-order valence-corrected chi connectivity index (χ1v) is 26.7. The number of benzene rings is 2. The van der Waals surface area contributed by atoms with Gasteiger partial charge in [-0.1, -0.05) is 70.7 Å². The van der Waals surface area contributed by atoms with Crippen LogP contribution < -0.4 is 30.7 Å². The SMILES string of the molecule is CC(C)OC(=O)[C@H](C)NP(=O)(OC[C@@H]1C=C[C@H](n2cnc3c(Cl)nc(N)nc32)C1)Oc1ccc(Cl)cc1.COC(=O)[C@H](C)NP(=O)(OC[C@@H]1C=C[C@H](n2cnc3c(Cl)nc(N)nc32)C1)Oc1ccc(Cl)cc1. The van der Waals surface area contributed by atoms with Crippen molar-refractivity contribution in [2.45, 2.75) is 70.8 Å². The number of ether oxygens (including phenoxy) is 2. The number of nitrogens with zero attached hydrogens (tertiary/aromatic N) is 8. The first-order valence-electron chi connectivity index (χ1n) is 22.1. The number of hydrogen-bond acceptors (Lipinski definition) is 18. The fourth-order valence-electron chi connectivity index (χ4n) is 7.37. The predicted molar refractivity (Wildman–Crippen MR) is 272 cm³/mol. The van der Waals surface area contributed by atoms with Crippen LogP contribution in [0.1, 0.15) is 52.6 Å². The molecular formula is C44H50Cl4N12O10P2. The lowest BCUT2D eigenvalue weighted by Gasteiger charge is -2.24. The Labute approximate surface area is 433 Å². The number of carbonyl (C=O) groups is 2. The van der Waals surface area contributed by atoms with Gasteiger partial charge in [-0.3, -0.25) is 18.6 Å². The van der Waals surface area contributed by atoms with Gasteiger partial charge in [0.15, 0.2) is 21.6 Å². The van der Waals surface area contributed by atoms with Crippen molar-refractivity contribution < 1.29 is 46.3 Å². The van der Waals surface area contributed by atoms with E-state index in [1.165, 1.54) is 21.0 Å². The van der Waals surface area contributed by atoms with E-state index in [9.17, 15) is 18.7 Å². The number of anilines is 2. The van der Waals surface area contributed by atoms with Crippen LogP contribution in [0.25, 0.3) is 22.3 Å². The van der Waals surface area contributed by atoms with Gasteiger partial charge >= 0.3 is 27.4 Å². The number of nitrogens with one attached hydrogen (secondary N) is 2. The fraction of sp³-hybridized carbons (Fsp3) is 0.364. The van der Waals surface area contributed by atoms with Gasteiger partial charge in [0, 0.05) is 21.9 Å². The second-order valence-corrected chi connectivity index (χ2v) is 21.7. The molecule has 0 bridgehead atoms. The maximum atomic E-state index is 13.7. The molecule has 0 radical (unpaired) electrons. The van der Waals surface area contributed by atoms with Crippen molar-refractivity contribution in [1.82, 2.24) is 49.2 Å². The van der Waals surface area contributed by atoms with Gasteiger partial charge in [0.2, 0.25) is 11.9 Å². The van der Waals surface area contributed by atoms with Gasteiger partial charge in [-0.05, 0) is 89.1 Å². The van der Waals surface area contributed by atoms with E-state index in [1.54, 1.807) is 75.0 Å². The summed E-state index contributed by atoms with van der Waals surface area (Å²) in [5.41, 5.74) is 13.4. The number of methoxy groups -OCH3 is 1. The monoisotopic (exact) mass is 1110 g/mol. The van der Waals surface area contributed by atoms with Crippen LogP contribution in [0.3, 0.4) is 0 Å². The van der Waals surface area contributed by atoms with E-state index in [-0.39, 0.29) is 76.9 Å². The van der Waals surface area contributed by atoms with Gasteiger partial charge in [-0.15, -0.1) is 0 Å². The molecule has 8 atom stereocenters. The maximum Gasteiger partial charge on any atom is 0.459 e. The van der Waals surface area contributed by atoms with Crippen molar-refractivity contribution in [2.75, 3.05) is 31.8 Å². The number of rotatable bonds is 19. The normalized spacial score (nSPS) is 19.9. The lowest BCUT2D eigenvalue weighted by Crippen LogP contribution is -2.36. The number of imidazole rings is 2. The Kier molecular flexibility index (Phi) is 17.9. The highest BCUT2D eigenvalue weighted by Crippen LogP contribution is 2.48. The van der Waals surface area contributed by atoms with Crippen molar-refractivity contribution in [3.05, 3.63) is 106 Å². The van der Waals surface area contributed by atoms with E-state index in [0.29, 0.717) is 45.2 Å². The third kappa shape index (κ3) is 14.0. The van der Waals surface area contributed by atoms with Gasteiger partial charge in [-0.2, -0.15) is 30.1 Å². The molecule has 0 amide bonds. The molecule has 0 aliphatic heterocycles. The molecule has 2 unspecified atom stereocenters. The molecule has 4 heterocycles. The van der Waals surface area contributed by atoms with E-state index in [0.717, 1.165) is 0 Å². The Morgan fingerprint density at radius 3 is 1.44 bits per heavy atom. The minimum atomic E-state index is -4.00. The molecular weight excluding hydrogens is 1060 g/mol. The minimum absolute atomic E-state index is 0.0530. The highest BCUT2D eigenvalue weighted by atomic mass is 35.5. The summed E-state index contributed by atoms with van der Waals surface area (Å²) in [6.45, 7) is 6.60. The van der Waals surface area contributed by atoms with Crippen molar-refractivity contribution in [1.29, 1.82) is 0 Å². The summed E-state index contributed by atoms with van der Waals surface area (Å²) in [5, 5.41) is 6.65. The minimum Gasteiger partial charge on any atom is -0.468 e. The van der Waals surface area contributed by atoms with Gasteiger partial charge in [0.1, 0.15) is 34.6 Å². The highest BCUT2D eigenvalue weighted by molar-refractivity contribution is 7.52. The molecule has 384 valence electrons. The van der Waals surface area contributed by atoms with Gasteiger partial charge in [0.25, 0.3) is 0 Å². The summed E-state index contributed by atoms with van der Waals surface area (Å²) in [5.74, 6) is -0.768. The number of hydrogen-bond donors (Lipinski definition) is 4. The first-order chi connectivity index (χ1) is 34.2. The summed E-state index contributed by atoms with van der Waals surface area (Å²) in [4.78, 5) is 49.2. The number of carbonyl (C=O) groups excluding carboxylic acids is 2. The van der Waals surface area contributed by atoms with Crippen LogP contribution in [0.5, 0.6) is 11.5 Å². The number of fused-ring (bicyclic) bond motifs is 2. The average Bonchev–Trinajstić information content (AvgIpc) is 4.16. The molecule has 6 N–H and O–H groups in total. The van der Waals surface area contributed by atoms with E-state index in [2.05, 4.69) is 40.1 Å². The molecule has 4 aromatic heterocycles. The second-order valence-electron chi connectivity index (χ2n) is 16.7. The number of allylic oxidation sites excluding steroid dienone is 2. The lowest BCUT2D eigenvalue weighted by molar-refractivity contribution is -0.149. The van der Waals surface area contributed by atoms with Crippen molar-refractivity contribution in [2.24, 2.45) is 11.8 Å². The van der Waals surface area contributed by atoms with E-state index in [1.807, 2.05) is 33.4 Å². The molecule has 0 saturated heterocycles. The van der Waals surface area contributed by atoms with Crippen LogP contribution >= 0.6 is 61.9 Å². The molecule has 6 aromatic rings. The fourth-order valence-corrected chi connectivity index (χ4v) is 11.2.